The third-order valence-corrected chi connectivity index (χ3v) is 3.21. The molecule has 0 unspecified atom stereocenters. The zero-order valence-corrected chi connectivity index (χ0v) is 12.7. The zero-order valence-electron chi connectivity index (χ0n) is 12.7. The van der Waals surface area contributed by atoms with E-state index in [0.717, 1.165) is 16.9 Å². The van der Waals surface area contributed by atoms with Gasteiger partial charge in [0, 0.05) is 18.0 Å². The van der Waals surface area contributed by atoms with Crippen LogP contribution in [0.5, 0.6) is 5.75 Å². The highest BCUT2D eigenvalue weighted by Gasteiger charge is 2.11. The van der Waals surface area contributed by atoms with Gasteiger partial charge in [0.2, 0.25) is 5.82 Å². The Morgan fingerprint density at radius 1 is 1.22 bits per heavy atom. The van der Waals surface area contributed by atoms with Crippen LogP contribution in [0.2, 0.25) is 0 Å². The standard InChI is InChI=1S/C16H17N5O2/c1-12-4-6-15(7-5-12)23-11-14(22)10-21-19-16(18-20-21)13-3-2-8-17-9-13/h2-9,14,22H,10-11H2,1H3/t14-/m1/s1. The molecular weight excluding hydrogens is 294 g/mol. The molecule has 0 spiro atoms. The van der Waals surface area contributed by atoms with Crippen molar-refractivity contribution in [3.05, 3.63) is 54.4 Å². The third kappa shape index (κ3) is 4.10. The van der Waals surface area contributed by atoms with Crippen LogP contribution in [0.1, 0.15) is 5.56 Å². The summed E-state index contributed by atoms with van der Waals surface area (Å²) in [5.74, 6) is 1.20. The summed E-state index contributed by atoms with van der Waals surface area (Å²) in [6.07, 6.45) is 2.62. The Morgan fingerprint density at radius 2 is 2.04 bits per heavy atom. The Hall–Kier alpha value is -2.80. The second kappa shape index (κ2) is 6.97. The van der Waals surface area contributed by atoms with Crippen molar-refractivity contribution in [1.82, 2.24) is 25.2 Å². The van der Waals surface area contributed by atoms with E-state index >= 15 is 0 Å². The van der Waals surface area contributed by atoms with Crippen LogP contribution >= 0.6 is 0 Å². The predicted octanol–water partition coefficient (Wildman–Crippen LogP) is 1.48. The number of aromatic nitrogens is 5. The van der Waals surface area contributed by atoms with E-state index in [1.165, 1.54) is 4.80 Å². The van der Waals surface area contributed by atoms with Crippen molar-refractivity contribution in [2.45, 2.75) is 19.6 Å². The monoisotopic (exact) mass is 311 g/mol. The second-order valence-corrected chi connectivity index (χ2v) is 5.19. The molecule has 1 aromatic carbocycles. The average molecular weight is 311 g/mol. The molecule has 0 bridgehead atoms. The lowest BCUT2D eigenvalue weighted by Crippen LogP contribution is -2.24. The molecule has 1 atom stereocenters. The van der Waals surface area contributed by atoms with E-state index in [1.54, 1.807) is 18.5 Å². The van der Waals surface area contributed by atoms with Crippen molar-refractivity contribution in [3.63, 3.8) is 0 Å². The highest BCUT2D eigenvalue weighted by Crippen LogP contribution is 2.12. The van der Waals surface area contributed by atoms with E-state index in [4.69, 9.17) is 4.74 Å². The minimum Gasteiger partial charge on any atom is -0.491 e. The predicted molar refractivity (Wildman–Crippen MR) is 83.7 cm³/mol. The fourth-order valence-corrected chi connectivity index (χ4v) is 2.00. The lowest BCUT2D eigenvalue weighted by atomic mass is 10.2. The maximum Gasteiger partial charge on any atom is 0.206 e. The molecule has 0 aliphatic heterocycles. The maximum absolute atomic E-state index is 10.0. The van der Waals surface area contributed by atoms with Crippen LogP contribution in [-0.4, -0.2) is 43.0 Å². The van der Waals surface area contributed by atoms with Crippen molar-refractivity contribution < 1.29 is 9.84 Å². The molecule has 7 nitrogen and oxygen atoms in total. The average Bonchev–Trinajstić information content (AvgIpc) is 3.04. The molecule has 3 aromatic rings. The van der Waals surface area contributed by atoms with E-state index in [9.17, 15) is 5.11 Å². The summed E-state index contributed by atoms with van der Waals surface area (Å²) in [5, 5.41) is 22.1. The first kappa shape index (κ1) is 15.1. The molecule has 2 heterocycles. The van der Waals surface area contributed by atoms with Crippen LogP contribution in [0.4, 0.5) is 0 Å². The molecule has 2 aromatic heterocycles. The van der Waals surface area contributed by atoms with Crippen LogP contribution in [0.25, 0.3) is 11.4 Å². The van der Waals surface area contributed by atoms with Gasteiger partial charge in [-0.25, -0.2) is 0 Å². The van der Waals surface area contributed by atoms with E-state index in [2.05, 4.69) is 20.4 Å². The number of aryl methyl sites for hydroxylation is 1. The molecule has 0 fully saturated rings. The van der Waals surface area contributed by atoms with E-state index in [-0.39, 0.29) is 13.2 Å². The fraction of sp³-hybridized carbons (Fsp3) is 0.250. The Labute approximate surface area is 133 Å². The normalized spacial score (nSPS) is 12.1. The zero-order chi connectivity index (χ0) is 16.1. The van der Waals surface area contributed by atoms with Gasteiger partial charge in [-0.1, -0.05) is 17.7 Å². The number of aliphatic hydroxyl groups is 1. The Kier molecular flexibility index (Phi) is 4.58. The molecule has 1 N–H and O–H groups in total. The van der Waals surface area contributed by atoms with E-state index in [0.29, 0.717) is 5.82 Å². The van der Waals surface area contributed by atoms with Crippen LogP contribution < -0.4 is 4.74 Å². The maximum atomic E-state index is 10.0. The smallest absolute Gasteiger partial charge is 0.206 e. The number of benzene rings is 1. The quantitative estimate of drug-likeness (QED) is 0.742. The van der Waals surface area contributed by atoms with Gasteiger partial charge in [-0.15, -0.1) is 10.2 Å². The van der Waals surface area contributed by atoms with Crippen molar-refractivity contribution in [2.75, 3.05) is 6.61 Å². The molecule has 0 aliphatic carbocycles. The van der Waals surface area contributed by atoms with Gasteiger partial charge in [0.05, 0.1) is 6.54 Å². The minimum atomic E-state index is -0.729. The Bertz CT molecular complexity index is 743. The van der Waals surface area contributed by atoms with Gasteiger partial charge in [-0.2, -0.15) is 4.80 Å². The summed E-state index contributed by atoms with van der Waals surface area (Å²) in [7, 11) is 0. The van der Waals surface area contributed by atoms with Crippen LogP contribution in [0.3, 0.4) is 0 Å². The summed E-state index contributed by atoms with van der Waals surface area (Å²) in [5.41, 5.74) is 1.94. The number of ether oxygens (including phenoxy) is 1. The van der Waals surface area contributed by atoms with E-state index < -0.39 is 6.10 Å². The lowest BCUT2D eigenvalue weighted by molar-refractivity contribution is 0.0850. The first-order chi connectivity index (χ1) is 11.2. The molecule has 7 heteroatoms. The molecule has 0 saturated carbocycles. The van der Waals surface area contributed by atoms with Crippen molar-refractivity contribution in [1.29, 1.82) is 0 Å². The second-order valence-electron chi connectivity index (χ2n) is 5.19. The number of hydrogen-bond donors (Lipinski definition) is 1. The minimum absolute atomic E-state index is 0.160. The molecule has 0 saturated heterocycles. The number of rotatable bonds is 6. The lowest BCUT2D eigenvalue weighted by Gasteiger charge is -2.11. The van der Waals surface area contributed by atoms with Crippen molar-refractivity contribution in [2.24, 2.45) is 0 Å². The topological polar surface area (TPSA) is 86.0 Å². The molecular formula is C16H17N5O2. The van der Waals surface area contributed by atoms with Gasteiger partial charge in [0.25, 0.3) is 0 Å². The highest BCUT2D eigenvalue weighted by molar-refractivity contribution is 5.51. The summed E-state index contributed by atoms with van der Waals surface area (Å²) >= 11 is 0. The number of nitrogens with zero attached hydrogens (tertiary/aromatic N) is 5. The van der Waals surface area contributed by atoms with Gasteiger partial charge in [0.1, 0.15) is 18.5 Å². The van der Waals surface area contributed by atoms with Gasteiger partial charge < -0.3 is 9.84 Å². The Balaban J connectivity index is 1.55. The van der Waals surface area contributed by atoms with Gasteiger partial charge >= 0.3 is 0 Å². The first-order valence-corrected chi connectivity index (χ1v) is 7.26. The number of aliphatic hydroxyl groups excluding tert-OH is 1. The molecule has 0 amide bonds. The van der Waals surface area contributed by atoms with Gasteiger partial charge in [0.15, 0.2) is 0 Å². The molecule has 118 valence electrons. The van der Waals surface area contributed by atoms with E-state index in [1.807, 2.05) is 37.3 Å². The van der Waals surface area contributed by atoms with Crippen LogP contribution in [-0.2, 0) is 6.54 Å². The SMILES string of the molecule is Cc1ccc(OC[C@H](O)Cn2nnc(-c3cccnc3)n2)cc1. The highest BCUT2D eigenvalue weighted by atomic mass is 16.5. The third-order valence-electron chi connectivity index (χ3n) is 3.21. The first-order valence-electron chi connectivity index (χ1n) is 7.26. The van der Waals surface area contributed by atoms with Crippen LogP contribution in [0.15, 0.2) is 48.8 Å². The summed E-state index contributed by atoms with van der Waals surface area (Å²) in [6.45, 7) is 2.38. The van der Waals surface area contributed by atoms with Gasteiger partial charge in [-0.3, -0.25) is 4.98 Å². The largest absolute Gasteiger partial charge is 0.491 e. The molecule has 3 rings (SSSR count). The summed E-state index contributed by atoms with van der Waals surface area (Å²) in [4.78, 5) is 5.37. The molecule has 23 heavy (non-hydrogen) atoms. The van der Waals surface area contributed by atoms with Crippen molar-refractivity contribution >= 4 is 0 Å². The molecule has 0 aliphatic rings. The number of pyridine rings is 1. The van der Waals surface area contributed by atoms with Crippen LogP contribution in [0, 0.1) is 6.92 Å². The number of hydrogen-bond acceptors (Lipinski definition) is 6. The molecule has 0 radical (unpaired) electrons. The summed E-state index contributed by atoms with van der Waals surface area (Å²) < 4.78 is 5.54. The van der Waals surface area contributed by atoms with Gasteiger partial charge in [-0.05, 0) is 36.4 Å². The fourth-order valence-electron chi connectivity index (χ4n) is 2.00. The van der Waals surface area contributed by atoms with Crippen molar-refractivity contribution in [3.8, 4) is 17.1 Å². The summed E-state index contributed by atoms with van der Waals surface area (Å²) in [6, 6.07) is 11.3. The number of tetrazole rings is 1. The Morgan fingerprint density at radius 3 is 2.78 bits per heavy atom.